The van der Waals surface area contributed by atoms with E-state index in [9.17, 15) is 8.78 Å². The van der Waals surface area contributed by atoms with E-state index in [1.807, 2.05) is 24.3 Å². The minimum Gasteiger partial charge on any atom is -0.496 e. The van der Waals surface area contributed by atoms with E-state index in [4.69, 9.17) is 4.74 Å². The van der Waals surface area contributed by atoms with Crippen molar-refractivity contribution in [1.82, 2.24) is 5.32 Å². The zero-order chi connectivity index (χ0) is 14.5. The molecule has 2 aromatic rings. The van der Waals surface area contributed by atoms with Crippen molar-refractivity contribution in [1.29, 1.82) is 0 Å². The second-order valence-electron chi connectivity index (χ2n) is 4.50. The number of hydrogen-bond acceptors (Lipinski definition) is 2. The molecule has 0 saturated carbocycles. The lowest BCUT2D eigenvalue weighted by Crippen LogP contribution is -2.20. The van der Waals surface area contributed by atoms with Crippen LogP contribution in [0.15, 0.2) is 42.5 Å². The first-order chi connectivity index (χ1) is 9.67. The Hall–Kier alpha value is -1.94. The zero-order valence-electron chi connectivity index (χ0n) is 11.5. The van der Waals surface area contributed by atoms with Crippen molar-refractivity contribution < 1.29 is 13.5 Å². The Bertz CT molecular complexity index is 586. The van der Waals surface area contributed by atoms with E-state index in [0.29, 0.717) is 12.0 Å². The number of nitrogens with one attached hydrogen (secondary N) is 1. The van der Waals surface area contributed by atoms with Crippen molar-refractivity contribution in [2.24, 2.45) is 0 Å². The molecule has 0 aliphatic heterocycles. The SMILES string of the molecule is CNC(Cc1ccccc1OC)c1cccc(F)c1F. The second-order valence-corrected chi connectivity index (χ2v) is 4.50. The summed E-state index contributed by atoms with van der Waals surface area (Å²) in [6, 6.07) is 11.4. The van der Waals surface area contributed by atoms with Crippen LogP contribution in [0.4, 0.5) is 8.78 Å². The van der Waals surface area contributed by atoms with Gasteiger partial charge in [0.1, 0.15) is 5.75 Å². The molecule has 0 spiro atoms. The first-order valence-corrected chi connectivity index (χ1v) is 6.40. The summed E-state index contributed by atoms with van der Waals surface area (Å²) >= 11 is 0. The fourth-order valence-corrected chi connectivity index (χ4v) is 2.25. The summed E-state index contributed by atoms with van der Waals surface area (Å²) in [7, 11) is 3.32. The second kappa shape index (κ2) is 6.48. The zero-order valence-corrected chi connectivity index (χ0v) is 11.5. The number of para-hydroxylation sites is 1. The highest BCUT2D eigenvalue weighted by Crippen LogP contribution is 2.26. The summed E-state index contributed by atoms with van der Waals surface area (Å²) in [5.74, 6) is -0.894. The number of methoxy groups -OCH3 is 1. The van der Waals surface area contributed by atoms with Gasteiger partial charge in [-0.15, -0.1) is 0 Å². The fraction of sp³-hybridized carbons (Fsp3) is 0.250. The average Bonchev–Trinajstić information content (AvgIpc) is 2.48. The van der Waals surface area contributed by atoms with Gasteiger partial charge in [0.25, 0.3) is 0 Å². The predicted octanol–water partition coefficient (Wildman–Crippen LogP) is 3.48. The smallest absolute Gasteiger partial charge is 0.163 e. The molecule has 0 aromatic heterocycles. The van der Waals surface area contributed by atoms with Crippen LogP contribution < -0.4 is 10.1 Å². The summed E-state index contributed by atoms with van der Waals surface area (Å²) < 4.78 is 32.5. The first kappa shape index (κ1) is 14.5. The molecule has 2 aromatic carbocycles. The number of halogens is 2. The lowest BCUT2D eigenvalue weighted by molar-refractivity contribution is 0.405. The molecule has 0 saturated heterocycles. The standard InChI is InChI=1S/C16H17F2NO/c1-19-14(12-7-5-8-13(17)16(12)18)10-11-6-3-4-9-15(11)20-2/h3-9,14,19H,10H2,1-2H3. The molecule has 1 N–H and O–H groups in total. The van der Waals surface area contributed by atoms with Crippen LogP contribution in [0.25, 0.3) is 0 Å². The molecule has 0 amide bonds. The van der Waals surface area contributed by atoms with Gasteiger partial charge in [-0.2, -0.15) is 0 Å². The Kier molecular flexibility index (Phi) is 4.69. The molecule has 2 nitrogen and oxygen atoms in total. The summed E-state index contributed by atoms with van der Waals surface area (Å²) in [5, 5.41) is 3.02. The van der Waals surface area contributed by atoms with Crippen molar-refractivity contribution in [3.63, 3.8) is 0 Å². The Morgan fingerprint density at radius 2 is 1.85 bits per heavy atom. The Labute approximate surface area is 117 Å². The minimum absolute atomic E-state index is 0.318. The van der Waals surface area contributed by atoms with Crippen LogP contribution in [0.5, 0.6) is 5.75 Å². The van der Waals surface area contributed by atoms with Crippen molar-refractivity contribution in [2.75, 3.05) is 14.2 Å². The normalized spacial score (nSPS) is 12.2. The number of benzene rings is 2. The number of rotatable bonds is 5. The summed E-state index contributed by atoms with van der Waals surface area (Å²) in [4.78, 5) is 0. The molecular weight excluding hydrogens is 260 g/mol. The molecule has 20 heavy (non-hydrogen) atoms. The van der Waals surface area contributed by atoms with Gasteiger partial charge >= 0.3 is 0 Å². The highest BCUT2D eigenvalue weighted by atomic mass is 19.2. The van der Waals surface area contributed by atoms with Crippen molar-refractivity contribution >= 4 is 0 Å². The van der Waals surface area contributed by atoms with E-state index in [1.54, 1.807) is 20.2 Å². The maximum absolute atomic E-state index is 13.9. The highest BCUT2D eigenvalue weighted by molar-refractivity contribution is 5.35. The Morgan fingerprint density at radius 3 is 2.55 bits per heavy atom. The molecule has 0 bridgehead atoms. The van der Waals surface area contributed by atoms with E-state index in [2.05, 4.69) is 5.32 Å². The van der Waals surface area contributed by atoms with Gasteiger partial charge in [-0.1, -0.05) is 30.3 Å². The van der Waals surface area contributed by atoms with E-state index < -0.39 is 11.6 Å². The van der Waals surface area contributed by atoms with Crippen LogP contribution in [0.2, 0.25) is 0 Å². The highest BCUT2D eigenvalue weighted by Gasteiger charge is 2.18. The minimum atomic E-state index is -0.831. The average molecular weight is 277 g/mol. The molecular formula is C16H17F2NO. The van der Waals surface area contributed by atoms with Gasteiger partial charge in [0.2, 0.25) is 0 Å². The van der Waals surface area contributed by atoms with Crippen molar-refractivity contribution in [2.45, 2.75) is 12.5 Å². The van der Waals surface area contributed by atoms with Gasteiger partial charge in [-0.25, -0.2) is 8.78 Å². The molecule has 106 valence electrons. The maximum Gasteiger partial charge on any atom is 0.163 e. The third kappa shape index (κ3) is 2.96. The third-order valence-electron chi connectivity index (χ3n) is 3.32. The molecule has 0 aliphatic carbocycles. The van der Waals surface area contributed by atoms with E-state index >= 15 is 0 Å². The third-order valence-corrected chi connectivity index (χ3v) is 3.32. The molecule has 4 heteroatoms. The van der Waals surface area contributed by atoms with Gasteiger partial charge in [0, 0.05) is 11.6 Å². The van der Waals surface area contributed by atoms with Gasteiger partial charge in [0.05, 0.1) is 7.11 Å². The van der Waals surface area contributed by atoms with Crippen LogP contribution in [0, 0.1) is 11.6 Å². The lowest BCUT2D eigenvalue weighted by atomic mass is 9.98. The monoisotopic (exact) mass is 277 g/mol. The van der Waals surface area contributed by atoms with E-state index in [1.165, 1.54) is 6.07 Å². The number of likely N-dealkylation sites (N-methyl/N-ethyl adjacent to an activating group) is 1. The van der Waals surface area contributed by atoms with Crippen LogP contribution in [-0.2, 0) is 6.42 Å². The Morgan fingerprint density at radius 1 is 1.10 bits per heavy atom. The van der Waals surface area contributed by atoms with Crippen LogP contribution in [-0.4, -0.2) is 14.2 Å². The number of hydrogen-bond donors (Lipinski definition) is 1. The van der Waals surface area contributed by atoms with Gasteiger partial charge in [0.15, 0.2) is 11.6 Å². The van der Waals surface area contributed by atoms with Crippen LogP contribution >= 0.6 is 0 Å². The van der Waals surface area contributed by atoms with Gasteiger partial charge in [-0.3, -0.25) is 0 Å². The van der Waals surface area contributed by atoms with Crippen LogP contribution in [0.3, 0.4) is 0 Å². The molecule has 0 aliphatic rings. The van der Waals surface area contributed by atoms with Crippen LogP contribution in [0.1, 0.15) is 17.2 Å². The van der Waals surface area contributed by atoms with Gasteiger partial charge in [-0.05, 0) is 31.2 Å². The summed E-state index contributed by atoms with van der Waals surface area (Å²) in [5.41, 5.74) is 1.26. The predicted molar refractivity (Wildman–Crippen MR) is 74.9 cm³/mol. The molecule has 1 atom stereocenters. The summed E-state index contributed by atoms with van der Waals surface area (Å²) in [6.45, 7) is 0. The topological polar surface area (TPSA) is 21.3 Å². The summed E-state index contributed by atoms with van der Waals surface area (Å²) in [6.07, 6.45) is 0.515. The van der Waals surface area contributed by atoms with E-state index in [-0.39, 0.29) is 6.04 Å². The van der Waals surface area contributed by atoms with E-state index in [0.717, 1.165) is 17.4 Å². The molecule has 0 radical (unpaired) electrons. The number of ether oxygens (including phenoxy) is 1. The molecule has 1 unspecified atom stereocenters. The van der Waals surface area contributed by atoms with Crippen molar-refractivity contribution in [3.8, 4) is 5.75 Å². The molecule has 0 heterocycles. The quantitative estimate of drug-likeness (QED) is 0.903. The van der Waals surface area contributed by atoms with Gasteiger partial charge < -0.3 is 10.1 Å². The Balaban J connectivity index is 2.31. The fourth-order valence-electron chi connectivity index (χ4n) is 2.25. The molecule has 2 rings (SSSR count). The lowest BCUT2D eigenvalue weighted by Gasteiger charge is -2.19. The van der Waals surface area contributed by atoms with Crippen molar-refractivity contribution in [3.05, 3.63) is 65.2 Å². The maximum atomic E-state index is 13.9. The molecule has 0 fully saturated rings. The first-order valence-electron chi connectivity index (χ1n) is 6.40. The largest absolute Gasteiger partial charge is 0.496 e.